The quantitative estimate of drug-likeness (QED) is 0.874. The third kappa shape index (κ3) is 3.56. The summed E-state index contributed by atoms with van der Waals surface area (Å²) in [5.41, 5.74) is 1.56. The van der Waals surface area contributed by atoms with Gasteiger partial charge in [0.2, 0.25) is 11.8 Å². The molecule has 1 aliphatic heterocycles. The molecule has 0 radical (unpaired) electrons. The second-order valence-corrected chi connectivity index (χ2v) is 5.24. The van der Waals surface area contributed by atoms with Gasteiger partial charge in [0.15, 0.2) is 5.13 Å². The van der Waals surface area contributed by atoms with Crippen LogP contribution in [-0.2, 0) is 16.1 Å². The molecule has 1 aliphatic rings. The van der Waals surface area contributed by atoms with Crippen LogP contribution in [0.1, 0.15) is 18.5 Å². The highest BCUT2D eigenvalue weighted by molar-refractivity contribution is 7.13. The first-order valence-electron chi connectivity index (χ1n) is 6.17. The summed E-state index contributed by atoms with van der Waals surface area (Å²) in [6.45, 7) is 0.253. The number of pyridine rings is 1. The number of amides is 2. The Morgan fingerprint density at radius 1 is 1.29 bits per heavy atom. The van der Waals surface area contributed by atoms with Crippen LogP contribution in [0.3, 0.4) is 0 Å². The zero-order valence-electron chi connectivity index (χ0n) is 11.0. The highest BCUT2D eigenvalue weighted by Gasteiger charge is 2.29. The fourth-order valence-electron chi connectivity index (χ4n) is 1.96. The lowest BCUT2D eigenvalue weighted by atomic mass is 10.4. The highest BCUT2D eigenvalue weighted by atomic mass is 35.5. The maximum absolute atomic E-state index is 11.5. The lowest BCUT2D eigenvalue weighted by Crippen LogP contribution is -2.28. The average Bonchev–Trinajstić information content (AvgIpc) is 3.02. The van der Waals surface area contributed by atoms with E-state index in [4.69, 9.17) is 0 Å². The third-order valence-electron chi connectivity index (χ3n) is 2.94. The molecular formula is C13H13ClN4O2S. The first-order chi connectivity index (χ1) is 9.72. The van der Waals surface area contributed by atoms with Gasteiger partial charge in [0.25, 0.3) is 0 Å². The predicted molar refractivity (Wildman–Crippen MR) is 81.7 cm³/mol. The van der Waals surface area contributed by atoms with Crippen molar-refractivity contribution < 1.29 is 9.59 Å². The summed E-state index contributed by atoms with van der Waals surface area (Å²) in [4.78, 5) is 32.7. The number of nitrogens with one attached hydrogen (secondary N) is 1. The van der Waals surface area contributed by atoms with E-state index >= 15 is 0 Å². The fraction of sp³-hybridized carbons (Fsp3) is 0.231. The Hall–Kier alpha value is -1.99. The molecule has 6 nitrogen and oxygen atoms in total. The van der Waals surface area contributed by atoms with Crippen molar-refractivity contribution in [1.82, 2.24) is 14.9 Å². The van der Waals surface area contributed by atoms with Crippen LogP contribution in [0.25, 0.3) is 0 Å². The number of hydrogen-bond acceptors (Lipinski definition) is 6. The number of thiazole rings is 1. The molecule has 0 spiro atoms. The average molecular weight is 325 g/mol. The number of likely N-dealkylation sites (tertiary alicyclic amines) is 1. The van der Waals surface area contributed by atoms with Crippen molar-refractivity contribution in [1.29, 1.82) is 0 Å². The molecule has 0 bridgehead atoms. The Balaban J connectivity index is 0.00000161. The number of anilines is 2. The number of hydrogen-bond donors (Lipinski definition) is 1. The van der Waals surface area contributed by atoms with E-state index in [-0.39, 0.29) is 30.8 Å². The van der Waals surface area contributed by atoms with Crippen LogP contribution in [0.5, 0.6) is 0 Å². The van der Waals surface area contributed by atoms with Gasteiger partial charge in [0, 0.05) is 24.4 Å². The lowest BCUT2D eigenvalue weighted by molar-refractivity contribution is -0.139. The molecule has 8 heteroatoms. The van der Waals surface area contributed by atoms with Crippen LogP contribution in [-0.4, -0.2) is 26.7 Å². The van der Waals surface area contributed by atoms with Crippen molar-refractivity contribution in [2.45, 2.75) is 19.4 Å². The number of rotatable bonds is 4. The van der Waals surface area contributed by atoms with Crippen LogP contribution in [0.15, 0.2) is 29.9 Å². The van der Waals surface area contributed by atoms with Gasteiger partial charge in [-0.3, -0.25) is 19.5 Å². The first kappa shape index (κ1) is 15.4. The molecule has 2 amide bonds. The fourth-order valence-corrected chi connectivity index (χ4v) is 2.68. The Morgan fingerprint density at radius 2 is 2.05 bits per heavy atom. The molecule has 3 rings (SSSR count). The molecule has 0 unspecified atom stereocenters. The standard InChI is InChI=1S/C13H12N4O2S.ClH/c18-11-3-4-12(19)17(11)7-10-8-20-13(16-10)15-9-2-1-5-14-6-9;/h1-2,5-6,8H,3-4,7H2,(H,15,16);1H. The lowest BCUT2D eigenvalue weighted by Gasteiger charge is -2.11. The van der Waals surface area contributed by atoms with E-state index in [0.29, 0.717) is 23.7 Å². The van der Waals surface area contributed by atoms with Gasteiger partial charge in [-0.25, -0.2) is 4.98 Å². The Morgan fingerprint density at radius 3 is 2.71 bits per heavy atom. The zero-order chi connectivity index (χ0) is 13.9. The second kappa shape index (κ2) is 6.64. The molecule has 2 aromatic heterocycles. The maximum atomic E-state index is 11.5. The number of carbonyl (C=O) groups is 2. The number of imide groups is 1. The molecule has 0 aromatic carbocycles. The van der Waals surface area contributed by atoms with Crippen molar-refractivity contribution in [3.05, 3.63) is 35.6 Å². The van der Waals surface area contributed by atoms with Crippen molar-refractivity contribution in [2.24, 2.45) is 0 Å². The molecule has 2 aromatic rings. The molecule has 1 saturated heterocycles. The summed E-state index contributed by atoms with van der Waals surface area (Å²) in [5, 5.41) is 5.69. The summed E-state index contributed by atoms with van der Waals surface area (Å²) in [5.74, 6) is -0.241. The smallest absolute Gasteiger partial charge is 0.230 e. The van der Waals surface area contributed by atoms with E-state index in [1.54, 1.807) is 12.4 Å². The summed E-state index contributed by atoms with van der Waals surface area (Å²) in [7, 11) is 0. The first-order valence-corrected chi connectivity index (χ1v) is 7.05. The van der Waals surface area contributed by atoms with E-state index in [1.165, 1.54) is 16.2 Å². The number of carbonyl (C=O) groups excluding carboxylic acids is 2. The minimum atomic E-state index is -0.121. The van der Waals surface area contributed by atoms with E-state index in [0.717, 1.165) is 5.69 Å². The maximum Gasteiger partial charge on any atom is 0.230 e. The van der Waals surface area contributed by atoms with E-state index in [2.05, 4.69) is 15.3 Å². The molecule has 1 N–H and O–H groups in total. The van der Waals surface area contributed by atoms with Gasteiger partial charge in [0.05, 0.1) is 24.1 Å². The molecule has 0 atom stereocenters. The molecule has 1 fully saturated rings. The minimum Gasteiger partial charge on any atom is -0.330 e. The van der Waals surface area contributed by atoms with Crippen LogP contribution in [0, 0.1) is 0 Å². The number of aromatic nitrogens is 2. The van der Waals surface area contributed by atoms with Gasteiger partial charge in [-0.15, -0.1) is 23.7 Å². The van der Waals surface area contributed by atoms with Crippen LogP contribution in [0.2, 0.25) is 0 Å². The molecule has 21 heavy (non-hydrogen) atoms. The summed E-state index contributed by atoms with van der Waals surface area (Å²) in [6.07, 6.45) is 4.02. The minimum absolute atomic E-state index is 0. The number of halogens is 1. The van der Waals surface area contributed by atoms with Crippen LogP contribution in [0.4, 0.5) is 10.8 Å². The normalized spacial score (nSPS) is 14.2. The summed E-state index contributed by atoms with van der Waals surface area (Å²) < 4.78 is 0. The molecular weight excluding hydrogens is 312 g/mol. The summed E-state index contributed by atoms with van der Waals surface area (Å²) >= 11 is 1.43. The van der Waals surface area contributed by atoms with E-state index in [1.807, 2.05) is 17.5 Å². The Labute approximate surface area is 131 Å². The van der Waals surface area contributed by atoms with Gasteiger partial charge in [-0.2, -0.15) is 0 Å². The monoisotopic (exact) mass is 324 g/mol. The van der Waals surface area contributed by atoms with Gasteiger partial charge in [-0.05, 0) is 12.1 Å². The van der Waals surface area contributed by atoms with Crippen LogP contribution >= 0.6 is 23.7 Å². The van der Waals surface area contributed by atoms with E-state index in [9.17, 15) is 9.59 Å². The largest absolute Gasteiger partial charge is 0.330 e. The summed E-state index contributed by atoms with van der Waals surface area (Å²) in [6, 6.07) is 3.72. The van der Waals surface area contributed by atoms with Crippen molar-refractivity contribution in [3.63, 3.8) is 0 Å². The third-order valence-corrected chi connectivity index (χ3v) is 3.75. The van der Waals surface area contributed by atoms with E-state index < -0.39 is 0 Å². The predicted octanol–water partition coefficient (Wildman–Crippen LogP) is 2.35. The molecule has 0 aliphatic carbocycles. The van der Waals surface area contributed by atoms with Crippen molar-refractivity contribution in [3.8, 4) is 0 Å². The second-order valence-electron chi connectivity index (χ2n) is 4.38. The molecule has 110 valence electrons. The van der Waals surface area contributed by atoms with Crippen molar-refractivity contribution >= 4 is 46.4 Å². The zero-order valence-corrected chi connectivity index (χ0v) is 12.6. The van der Waals surface area contributed by atoms with Crippen LogP contribution < -0.4 is 5.32 Å². The Kier molecular flexibility index (Phi) is 4.87. The van der Waals surface area contributed by atoms with Gasteiger partial charge < -0.3 is 5.32 Å². The van der Waals surface area contributed by atoms with Crippen molar-refractivity contribution in [2.75, 3.05) is 5.32 Å². The van der Waals surface area contributed by atoms with Gasteiger partial charge in [-0.1, -0.05) is 0 Å². The SMILES string of the molecule is Cl.O=C1CCC(=O)N1Cc1csc(Nc2cccnc2)n1. The molecule has 3 heterocycles. The molecule has 0 saturated carbocycles. The topological polar surface area (TPSA) is 75.2 Å². The van der Waals surface area contributed by atoms with Gasteiger partial charge in [0.1, 0.15) is 0 Å². The number of nitrogens with zero attached hydrogens (tertiary/aromatic N) is 3. The highest BCUT2D eigenvalue weighted by Crippen LogP contribution is 2.22. The Bertz CT molecular complexity index is 631. The van der Waals surface area contributed by atoms with Gasteiger partial charge >= 0.3 is 0 Å².